The summed E-state index contributed by atoms with van der Waals surface area (Å²) in [5.41, 5.74) is 2.06. The van der Waals surface area contributed by atoms with E-state index in [1.165, 1.54) is 13.8 Å². The molecule has 0 aliphatic rings. The van der Waals surface area contributed by atoms with Gasteiger partial charge in [-0.3, -0.25) is 19.5 Å². The van der Waals surface area contributed by atoms with E-state index in [9.17, 15) is 28.4 Å². The van der Waals surface area contributed by atoms with E-state index < -0.39 is 27.7 Å². The Bertz CT molecular complexity index is 2180. The summed E-state index contributed by atoms with van der Waals surface area (Å²) in [4.78, 5) is 38.0. The molecule has 0 bridgehead atoms. The van der Waals surface area contributed by atoms with Crippen molar-refractivity contribution in [2.45, 2.75) is 26.7 Å². The molecule has 276 valence electrons. The smallest absolute Gasteiger partial charge is 0.303 e. The number of aryl methyl sites for hydroxylation is 1. The standard InChI is InChI=1S/C30H30N12O9S2/c1-19-23(18-31)27(42(40-19)30-36-28(32-12-15-52-51-50-46)35-29(37-30)33-13-16-53(47,48)49)39-38-24-11-10-22(17-25(24)34-20(2)43)41(14-6-9-26(44)45)21-7-4-3-5-8-21/h3-5,7-8,10-11,17,46H,6,9,13-14,16H2,1-2H3,(H,34,43)(H,44,45)(H,47,48,49)(H2,32,33,35,36,37). The minimum atomic E-state index is -4.33. The van der Waals surface area contributed by atoms with Gasteiger partial charge in [0.2, 0.25) is 17.8 Å². The van der Waals surface area contributed by atoms with Crippen LogP contribution in [0.25, 0.3) is 5.95 Å². The molecule has 1 amide bonds. The van der Waals surface area contributed by atoms with Crippen molar-refractivity contribution >= 4 is 74.5 Å². The Hall–Kier alpha value is -6.21. The monoisotopic (exact) mass is 766 g/mol. The molecule has 2 aromatic heterocycles. The molecule has 4 rings (SSSR count). The summed E-state index contributed by atoms with van der Waals surface area (Å²) in [6.45, 7) is 2.89. The van der Waals surface area contributed by atoms with Gasteiger partial charge in [-0.25, -0.2) is 5.26 Å². The van der Waals surface area contributed by atoms with Crippen LogP contribution in [0.2, 0.25) is 0 Å². The summed E-state index contributed by atoms with van der Waals surface area (Å²) in [7, 11) is -4.33. The van der Waals surface area contributed by atoms with Crippen LogP contribution in [-0.4, -0.2) is 78.8 Å². The van der Waals surface area contributed by atoms with Crippen molar-refractivity contribution in [1.82, 2.24) is 24.7 Å². The van der Waals surface area contributed by atoms with Gasteiger partial charge in [0.15, 0.2) is 5.82 Å². The molecule has 0 spiro atoms. The molecule has 23 heteroatoms. The first kappa shape index (κ1) is 39.6. The van der Waals surface area contributed by atoms with Crippen LogP contribution in [0.1, 0.15) is 31.0 Å². The number of rotatable bonds is 17. The number of nitrogens with one attached hydrogen (secondary N) is 3. The number of hydrogen-bond donors (Lipinski definition) is 6. The Balaban J connectivity index is 1.77. The number of nitrogens with zero attached hydrogens (tertiary/aromatic N) is 9. The number of benzene rings is 2. The largest absolute Gasteiger partial charge is 0.481 e. The third-order valence-electron chi connectivity index (χ3n) is 6.63. The van der Waals surface area contributed by atoms with E-state index in [2.05, 4.69) is 66.9 Å². The lowest BCUT2D eigenvalue weighted by molar-refractivity contribution is -0.431. The number of para-hydroxylation sites is 1. The van der Waals surface area contributed by atoms with Gasteiger partial charge in [0, 0.05) is 49.1 Å². The summed E-state index contributed by atoms with van der Waals surface area (Å²) in [5.74, 6) is -2.74. The number of carbonyl (C=O) groups excluding carboxylic acids is 1. The van der Waals surface area contributed by atoms with Crippen molar-refractivity contribution in [2.75, 3.05) is 39.7 Å². The fourth-order valence-corrected chi connectivity index (χ4v) is 4.99. The lowest BCUT2D eigenvalue weighted by Crippen LogP contribution is -2.19. The molecule has 2 aromatic carbocycles. The van der Waals surface area contributed by atoms with E-state index in [0.29, 0.717) is 30.7 Å². The molecular formula is C30H30N12O9S2. The molecule has 0 aliphatic carbocycles. The lowest BCUT2D eigenvalue weighted by Gasteiger charge is -2.25. The van der Waals surface area contributed by atoms with E-state index in [1.807, 2.05) is 41.3 Å². The van der Waals surface area contributed by atoms with Crippen molar-refractivity contribution in [2.24, 2.45) is 10.2 Å². The molecule has 21 nitrogen and oxygen atoms in total. The summed E-state index contributed by atoms with van der Waals surface area (Å²) < 4.78 is 36.9. The van der Waals surface area contributed by atoms with Gasteiger partial charge in [0.1, 0.15) is 29.4 Å². The zero-order chi connectivity index (χ0) is 38.4. The van der Waals surface area contributed by atoms with Crippen LogP contribution in [0.3, 0.4) is 0 Å². The second-order valence-corrected chi connectivity index (χ2v) is 12.5. The number of carboxylic acids is 1. The van der Waals surface area contributed by atoms with Crippen molar-refractivity contribution in [3.8, 4) is 23.3 Å². The zero-order valence-electron chi connectivity index (χ0n) is 27.8. The van der Waals surface area contributed by atoms with Crippen molar-refractivity contribution in [3.63, 3.8) is 0 Å². The van der Waals surface area contributed by atoms with E-state index in [4.69, 9.17) is 9.81 Å². The average Bonchev–Trinajstić information content (AvgIpc) is 3.43. The number of hydrogen-bond acceptors (Lipinski definition) is 18. The molecule has 0 saturated heterocycles. The van der Waals surface area contributed by atoms with E-state index in [1.54, 1.807) is 18.2 Å². The molecule has 0 fully saturated rings. The number of carboxylic acid groups (broad SMARTS) is 1. The first-order chi connectivity index (χ1) is 25.4. The minimum absolute atomic E-state index is 0.00622. The molecule has 0 atom stereocenters. The molecule has 0 aliphatic heterocycles. The maximum atomic E-state index is 12.3. The molecule has 53 heavy (non-hydrogen) atoms. The van der Waals surface area contributed by atoms with Gasteiger partial charge in [-0.2, -0.15) is 38.4 Å². The Morgan fingerprint density at radius 2 is 1.85 bits per heavy atom. The summed E-state index contributed by atoms with van der Waals surface area (Å²) in [6.07, 6.45) is 0.289. The highest BCUT2D eigenvalue weighted by Crippen LogP contribution is 2.35. The molecule has 2 heterocycles. The van der Waals surface area contributed by atoms with Crippen LogP contribution in [0.4, 0.5) is 40.5 Å². The van der Waals surface area contributed by atoms with Gasteiger partial charge in [-0.05, 0) is 43.7 Å². The van der Waals surface area contributed by atoms with Gasteiger partial charge in [0.05, 0.1) is 17.1 Å². The van der Waals surface area contributed by atoms with Crippen LogP contribution < -0.4 is 20.9 Å². The van der Waals surface area contributed by atoms with Gasteiger partial charge in [0.25, 0.3) is 16.1 Å². The number of amides is 1. The van der Waals surface area contributed by atoms with Crippen molar-refractivity contribution < 1.29 is 42.3 Å². The average molecular weight is 767 g/mol. The minimum Gasteiger partial charge on any atom is -0.481 e. The highest BCUT2D eigenvalue weighted by Gasteiger charge is 2.21. The van der Waals surface area contributed by atoms with Crippen LogP contribution >= 0.6 is 12.0 Å². The van der Waals surface area contributed by atoms with Gasteiger partial charge in [-0.1, -0.05) is 23.2 Å². The number of aromatic nitrogens is 5. The molecule has 0 saturated carbocycles. The third-order valence-corrected chi connectivity index (χ3v) is 7.66. The van der Waals surface area contributed by atoms with E-state index in [-0.39, 0.29) is 59.3 Å². The Morgan fingerprint density at radius 1 is 1.09 bits per heavy atom. The van der Waals surface area contributed by atoms with Gasteiger partial charge in [-0.15, -0.1) is 14.6 Å². The van der Waals surface area contributed by atoms with E-state index in [0.717, 1.165) is 10.4 Å². The fourth-order valence-electron chi connectivity index (χ4n) is 4.47. The number of aliphatic carboxylic acids is 1. The SMILES string of the molecule is CC(=O)Nc1cc(N(CCCC(=O)O)c2ccccc2)ccc1N=Nc1c(C#N)c(C)nn1-c1nc(NC#CSOOO)nc(NCCS(=O)(=O)O)n1. The van der Waals surface area contributed by atoms with Crippen LogP contribution in [0, 0.1) is 29.6 Å². The van der Waals surface area contributed by atoms with Crippen LogP contribution in [-0.2, 0) is 29.1 Å². The second-order valence-electron chi connectivity index (χ2n) is 10.4. The van der Waals surface area contributed by atoms with Crippen LogP contribution in [0.15, 0.2) is 58.8 Å². The third kappa shape index (κ3) is 11.9. The van der Waals surface area contributed by atoms with Gasteiger partial charge >= 0.3 is 5.97 Å². The predicted octanol–water partition coefficient (Wildman–Crippen LogP) is 4.31. The topological polar surface area (TPSA) is 292 Å². The maximum Gasteiger partial charge on any atom is 0.303 e. The highest BCUT2D eigenvalue weighted by atomic mass is 32.2. The summed E-state index contributed by atoms with van der Waals surface area (Å²) >= 11 is 0.411. The van der Waals surface area contributed by atoms with Crippen molar-refractivity contribution in [1.29, 1.82) is 5.26 Å². The molecule has 4 aromatic rings. The molecule has 6 N–H and O–H groups in total. The quantitative estimate of drug-likeness (QED) is 0.0127. The first-order valence-corrected chi connectivity index (χ1v) is 17.5. The zero-order valence-corrected chi connectivity index (χ0v) is 29.4. The lowest BCUT2D eigenvalue weighted by atomic mass is 10.1. The second kappa shape index (κ2) is 18.9. The number of nitriles is 1. The molecule has 0 radical (unpaired) electrons. The van der Waals surface area contributed by atoms with Crippen molar-refractivity contribution in [3.05, 3.63) is 59.8 Å². The normalized spacial score (nSPS) is 11.0. The Labute approximate surface area is 305 Å². The number of anilines is 5. The predicted molar refractivity (Wildman–Crippen MR) is 190 cm³/mol. The maximum absolute atomic E-state index is 12.3. The first-order valence-electron chi connectivity index (χ1n) is 15.1. The number of carbonyl (C=O) groups is 2. The molecule has 0 unspecified atom stereocenters. The number of azo groups is 1. The summed E-state index contributed by atoms with van der Waals surface area (Å²) in [6, 6.07) is 18.6. The molecular weight excluding hydrogens is 737 g/mol. The van der Waals surface area contributed by atoms with Crippen LogP contribution in [0.5, 0.6) is 0 Å². The van der Waals surface area contributed by atoms with E-state index >= 15 is 0 Å². The summed E-state index contributed by atoms with van der Waals surface area (Å²) in [5, 5.41) is 54.2. The highest BCUT2D eigenvalue weighted by molar-refractivity contribution is 7.99. The Kier molecular flexibility index (Phi) is 14.1. The fraction of sp³-hybridized carbons (Fsp3) is 0.233. The Morgan fingerprint density at radius 3 is 2.53 bits per heavy atom. The van der Waals surface area contributed by atoms with Gasteiger partial charge < -0.3 is 20.6 Å².